The first-order valence-corrected chi connectivity index (χ1v) is 11.7. The molecule has 0 aliphatic carbocycles. The number of aliphatic hydroxyl groups excluding tert-OH is 2. The zero-order chi connectivity index (χ0) is 21.3. The summed E-state index contributed by atoms with van der Waals surface area (Å²) >= 11 is 0. The Balaban J connectivity index is 0. The molecule has 0 atom stereocenters. The van der Waals surface area contributed by atoms with E-state index in [0.29, 0.717) is 6.42 Å². The van der Waals surface area contributed by atoms with Crippen LogP contribution in [-0.4, -0.2) is 56.2 Å². The van der Waals surface area contributed by atoms with Crippen LogP contribution in [0.5, 0.6) is 0 Å². The number of hydrogen-bond acceptors (Lipinski definition) is 8. The first-order valence-electron chi connectivity index (χ1n) is 10.3. The van der Waals surface area contributed by atoms with Gasteiger partial charge >= 0.3 is 10.4 Å². The molecule has 0 aromatic heterocycles. The van der Waals surface area contributed by atoms with Crippen LogP contribution in [-0.2, 0) is 24.3 Å². The van der Waals surface area contributed by atoms with Gasteiger partial charge in [-0.05, 0) is 6.42 Å². The van der Waals surface area contributed by atoms with E-state index in [1.165, 1.54) is 57.8 Å². The maximum absolute atomic E-state index is 10.3. The minimum Gasteiger partial charge on any atom is -0.394 e. The van der Waals surface area contributed by atoms with Crippen molar-refractivity contribution < 1.29 is 37.0 Å². The SMILES string of the molecule is CCCCCCCCCCCCCCOS(=O)(=O)O.OCCONOCCO. The van der Waals surface area contributed by atoms with Crippen LogP contribution in [0.4, 0.5) is 0 Å². The van der Waals surface area contributed by atoms with E-state index in [0.717, 1.165) is 12.8 Å². The monoisotopic (exact) mass is 431 g/mol. The second-order valence-electron chi connectivity index (χ2n) is 6.37. The topological polar surface area (TPSA) is 135 Å². The van der Waals surface area contributed by atoms with Crippen LogP contribution in [0.1, 0.15) is 84.0 Å². The van der Waals surface area contributed by atoms with E-state index in [1.807, 2.05) is 0 Å². The molecule has 0 unspecified atom stereocenters. The lowest BCUT2D eigenvalue weighted by Crippen LogP contribution is -2.19. The Labute approximate surface area is 170 Å². The molecule has 4 N–H and O–H groups in total. The Kier molecular flexibility index (Phi) is 26.4. The third-order valence-corrected chi connectivity index (χ3v) is 4.20. The molecule has 0 aliphatic heterocycles. The Morgan fingerprint density at radius 2 is 1.07 bits per heavy atom. The highest BCUT2D eigenvalue weighted by Gasteiger charge is 2.02. The van der Waals surface area contributed by atoms with Crippen molar-refractivity contribution in [1.82, 2.24) is 5.64 Å². The maximum Gasteiger partial charge on any atom is 0.397 e. The lowest BCUT2D eigenvalue weighted by molar-refractivity contribution is -0.178. The molecule has 0 heterocycles. The molecule has 0 aromatic carbocycles. The normalized spacial score (nSPS) is 11.3. The number of aliphatic hydroxyl groups is 2. The van der Waals surface area contributed by atoms with E-state index in [2.05, 4.69) is 26.4 Å². The van der Waals surface area contributed by atoms with Gasteiger partial charge < -0.3 is 10.2 Å². The van der Waals surface area contributed by atoms with Crippen LogP contribution in [0.15, 0.2) is 0 Å². The van der Waals surface area contributed by atoms with Gasteiger partial charge in [0, 0.05) is 0 Å². The summed E-state index contributed by atoms with van der Waals surface area (Å²) in [5, 5.41) is 16.3. The van der Waals surface area contributed by atoms with Gasteiger partial charge in [0.2, 0.25) is 0 Å². The van der Waals surface area contributed by atoms with Crippen molar-refractivity contribution >= 4 is 10.4 Å². The second kappa shape index (κ2) is 24.7. The van der Waals surface area contributed by atoms with E-state index in [9.17, 15) is 8.42 Å². The molecule has 0 fully saturated rings. The summed E-state index contributed by atoms with van der Waals surface area (Å²) in [4.78, 5) is 8.90. The van der Waals surface area contributed by atoms with Crippen LogP contribution in [0, 0.1) is 0 Å². The number of unbranched alkanes of at least 4 members (excludes halogenated alkanes) is 11. The molecule has 0 spiro atoms. The van der Waals surface area contributed by atoms with Crippen LogP contribution in [0.25, 0.3) is 0 Å². The summed E-state index contributed by atoms with van der Waals surface area (Å²) in [6, 6.07) is 0. The molecule has 9 nitrogen and oxygen atoms in total. The van der Waals surface area contributed by atoms with Crippen molar-refractivity contribution in [2.45, 2.75) is 84.0 Å². The predicted octanol–water partition coefficient (Wildman–Crippen LogP) is 2.93. The summed E-state index contributed by atoms with van der Waals surface area (Å²) in [5.41, 5.74) is 2.07. The summed E-state index contributed by atoms with van der Waals surface area (Å²) in [6.45, 7) is 2.55. The molecular formula is C18H41NO8S. The Bertz CT molecular complexity index is 376. The van der Waals surface area contributed by atoms with E-state index < -0.39 is 10.4 Å². The average Bonchev–Trinajstić information content (AvgIpc) is 2.65. The fraction of sp³-hybridized carbons (Fsp3) is 1.00. The number of nitrogens with one attached hydrogen (secondary N) is 1. The molecule has 0 amide bonds. The van der Waals surface area contributed by atoms with Crippen LogP contribution >= 0.6 is 0 Å². The van der Waals surface area contributed by atoms with E-state index >= 15 is 0 Å². The maximum atomic E-state index is 10.3. The summed E-state index contributed by atoms with van der Waals surface area (Å²) in [7, 11) is -4.24. The fourth-order valence-corrected chi connectivity index (χ4v) is 2.65. The van der Waals surface area contributed by atoms with Gasteiger partial charge in [-0.2, -0.15) is 8.42 Å². The first-order chi connectivity index (χ1) is 13.5. The third-order valence-electron chi connectivity index (χ3n) is 3.73. The van der Waals surface area contributed by atoms with Crippen LogP contribution < -0.4 is 5.64 Å². The first kappa shape index (κ1) is 29.9. The summed E-state index contributed by atoms with van der Waals surface area (Å²) in [6.07, 6.45) is 14.7. The minimum atomic E-state index is -4.24. The van der Waals surface area contributed by atoms with Gasteiger partial charge in [0.25, 0.3) is 0 Å². The zero-order valence-corrected chi connectivity index (χ0v) is 18.1. The van der Waals surface area contributed by atoms with E-state index in [4.69, 9.17) is 14.8 Å². The average molecular weight is 432 g/mol. The highest BCUT2D eigenvalue weighted by atomic mass is 32.3. The largest absolute Gasteiger partial charge is 0.397 e. The van der Waals surface area contributed by atoms with Gasteiger partial charge in [0.1, 0.15) is 0 Å². The second-order valence-corrected chi connectivity index (χ2v) is 7.46. The van der Waals surface area contributed by atoms with Gasteiger partial charge in [0.15, 0.2) is 0 Å². The number of hydrogen-bond donors (Lipinski definition) is 4. The minimum absolute atomic E-state index is 0.0600. The van der Waals surface area contributed by atoms with Gasteiger partial charge in [-0.1, -0.05) is 83.2 Å². The van der Waals surface area contributed by atoms with Crippen molar-refractivity contribution in [3.63, 3.8) is 0 Å². The lowest BCUT2D eigenvalue weighted by Gasteiger charge is -2.02. The standard InChI is InChI=1S/C14H30O4S.C4H11NO4/c1-2-3-4-5-6-7-8-9-10-11-12-13-14-18-19(15,16)17;6-1-3-8-5-9-4-2-7/h2-14H2,1H3,(H,15,16,17);5-7H,1-4H2. The lowest BCUT2D eigenvalue weighted by atomic mass is 10.1. The molecule has 0 radical (unpaired) electrons. The van der Waals surface area contributed by atoms with Gasteiger partial charge in [-0.15, -0.1) is 0 Å². The highest BCUT2D eigenvalue weighted by molar-refractivity contribution is 7.80. The quantitative estimate of drug-likeness (QED) is 0.130. The molecule has 10 heteroatoms. The highest BCUT2D eigenvalue weighted by Crippen LogP contribution is 2.11. The van der Waals surface area contributed by atoms with Crippen molar-refractivity contribution in [3.8, 4) is 0 Å². The van der Waals surface area contributed by atoms with Crippen LogP contribution in [0.2, 0.25) is 0 Å². The molecule has 0 saturated heterocycles. The predicted molar refractivity (Wildman–Crippen MR) is 108 cm³/mol. The summed E-state index contributed by atoms with van der Waals surface area (Å²) < 4.78 is 33.1. The molecule has 0 bridgehead atoms. The Morgan fingerprint density at radius 3 is 1.43 bits per heavy atom. The molecule has 0 aromatic rings. The van der Waals surface area contributed by atoms with Crippen molar-refractivity contribution in [1.29, 1.82) is 0 Å². The molecule has 0 aliphatic rings. The Hall–Kier alpha value is -0.330. The van der Waals surface area contributed by atoms with Gasteiger partial charge in [0.05, 0.1) is 33.0 Å². The Morgan fingerprint density at radius 1 is 0.679 bits per heavy atom. The van der Waals surface area contributed by atoms with Crippen molar-refractivity contribution in [3.05, 3.63) is 0 Å². The number of rotatable bonds is 20. The fourth-order valence-electron chi connectivity index (χ4n) is 2.32. The molecule has 28 heavy (non-hydrogen) atoms. The van der Waals surface area contributed by atoms with Crippen LogP contribution in [0.3, 0.4) is 0 Å². The van der Waals surface area contributed by atoms with E-state index in [1.54, 1.807) is 0 Å². The molecule has 0 saturated carbocycles. The summed E-state index contributed by atoms with van der Waals surface area (Å²) in [5.74, 6) is 0. The zero-order valence-electron chi connectivity index (χ0n) is 17.3. The van der Waals surface area contributed by atoms with Crippen molar-refractivity contribution in [2.24, 2.45) is 0 Å². The van der Waals surface area contributed by atoms with Crippen molar-refractivity contribution in [2.75, 3.05) is 33.0 Å². The van der Waals surface area contributed by atoms with E-state index in [-0.39, 0.29) is 33.0 Å². The molecular weight excluding hydrogens is 390 g/mol. The third kappa shape index (κ3) is 33.3. The smallest absolute Gasteiger partial charge is 0.394 e. The van der Waals surface area contributed by atoms with Gasteiger partial charge in [-0.3, -0.25) is 14.2 Å². The van der Waals surface area contributed by atoms with Gasteiger partial charge in [-0.25, -0.2) is 4.18 Å². The molecule has 0 rings (SSSR count). The molecule has 172 valence electrons.